The molecule has 0 aromatic heterocycles. The Morgan fingerprint density at radius 1 is 0.259 bits per heavy atom. The summed E-state index contributed by atoms with van der Waals surface area (Å²) in [6, 6.07) is 0. The maximum absolute atomic E-state index is 13.1. The van der Waals surface area contributed by atoms with E-state index in [0.717, 1.165) is 199 Å². The first-order valence-electron chi connectivity index (χ1n) is 43.1. The van der Waals surface area contributed by atoms with Gasteiger partial charge in [0, 0.05) is 25.7 Å². The Bertz CT molecular complexity index is 2470. The normalized spacial score (nSPS) is 14.3. The number of allylic oxidation sites excluding steroid dienone is 18. The van der Waals surface area contributed by atoms with Crippen molar-refractivity contribution in [1.29, 1.82) is 0 Å². The Morgan fingerprint density at radius 2 is 0.454 bits per heavy atom. The lowest BCUT2D eigenvalue weighted by Gasteiger charge is -2.21. The van der Waals surface area contributed by atoms with Gasteiger partial charge >= 0.3 is 39.5 Å². The van der Waals surface area contributed by atoms with Crippen LogP contribution in [0.5, 0.6) is 0 Å². The minimum Gasteiger partial charge on any atom is -0.462 e. The molecule has 108 heavy (non-hydrogen) atoms. The molecule has 0 aliphatic carbocycles. The predicted molar refractivity (Wildman–Crippen MR) is 445 cm³/mol. The summed E-state index contributed by atoms with van der Waals surface area (Å²) in [5, 5.41) is 10.7. The number of esters is 4. The average Bonchev–Trinajstić information content (AvgIpc) is 0.896. The van der Waals surface area contributed by atoms with Gasteiger partial charge in [-0.05, 0) is 161 Å². The van der Waals surface area contributed by atoms with Crippen LogP contribution in [0.15, 0.2) is 109 Å². The highest BCUT2D eigenvalue weighted by Crippen LogP contribution is 2.45. The summed E-state index contributed by atoms with van der Waals surface area (Å²) < 4.78 is 68.8. The molecule has 0 aromatic carbocycles. The second-order valence-corrected chi connectivity index (χ2v) is 31.7. The van der Waals surface area contributed by atoms with Gasteiger partial charge in [-0.25, -0.2) is 9.13 Å². The monoisotopic (exact) mass is 1560 g/mol. The molecule has 0 fully saturated rings. The Morgan fingerprint density at radius 3 is 0.722 bits per heavy atom. The fourth-order valence-corrected chi connectivity index (χ4v) is 13.1. The molecule has 0 rings (SSSR count). The van der Waals surface area contributed by atoms with Gasteiger partial charge in [0.1, 0.15) is 19.3 Å². The van der Waals surface area contributed by atoms with Crippen LogP contribution in [0, 0.1) is 0 Å². The molecule has 19 heteroatoms. The second kappa shape index (κ2) is 80.8. The molecule has 5 unspecified atom stereocenters. The van der Waals surface area contributed by atoms with E-state index in [9.17, 15) is 43.2 Å². The molecule has 0 amide bonds. The van der Waals surface area contributed by atoms with Crippen LogP contribution in [0.3, 0.4) is 0 Å². The number of carbonyl (C=O) groups excluding carboxylic acids is 4. The van der Waals surface area contributed by atoms with Crippen LogP contribution < -0.4 is 0 Å². The molecular weight excluding hydrogens is 1400 g/mol. The van der Waals surface area contributed by atoms with Crippen molar-refractivity contribution in [3.63, 3.8) is 0 Å². The van der Waals surface area contributed by atoms with Gasteiger partial charge in [0.2, 0.25) is 0 Å². The minimum atomic E-state index is -4.99. The lowest BCUT2D eigenvalue weighted by atomic mass is 10.1. The van der Waals surface area contributed by atoms with E-state index >= 15 is 0 Å². The first kappa shape index (κ1) is 104. The average molecular weight is 1560 g/mol. The van der Waals surface area contributed by atoms with Gasteiger partial charge in [-0.2, -0.15) is 0 Å². The lowest BCUT2D eigenvalue weighted by molar-refractivity contribution is -0.161. The number of unbranched alkanes of at least 4 members (excludes halogenated alkanes) is 37. The van der Waals surface area contributed by atoms with Crippen molar-refractivity contribution in [3.05, 3.63) is 109 Å². The molecule has 0 aromatic rings. The van der Waals surface area contributed by atoms with Crippen LogP contribution >= 0.6 is 15.6 Å². The summed E-state index contributed by atoms with van der Waals surface area (Å²) in [5.41, 5.74) is 0. The van der Waals surface area contributed by atoms with Crippen LogP contribution in [-0.2, 0) is 65.4 Å². The molecule has 0 saturated heterocycles. The van der Waals surface area contributed by atoms with Crippen molar-refractivity contribution in [3.8, 4) is 0 Å². The van der Waals surface area contributed by atoms with Crippen LogP contribution in [0.1, 0.15) is 374 Å². The number of phosphoric ester groups is 2. The van der Waals surface area contributed by atoms with Gasteiger partial charge in [-0.3, -0.25) is 37.3 Å². The number of aliphatic hydroxyl groups excluding tert-OH is 1. The number of hydrogen-bond donors (Lipinski definition) is 3. The zero-order valence-corrected chi connectivity index (χ0v) is 70.3. The SMILES string of the molecule is CCCCC/C=C\C/C=C\C/C=C\CCCCCCCCC(=O)OCC(COP(=O)(O)OCC(O)COP(=O)(O)OCC(COC(=O)CCCCCCC/C=C\C/C=C\CCCCC)OC(=O)CCCCCCC/C=C\CCCCCCCC)OC(=O)CCCCCCCC/C=C\C/C=C\C/C=C\CCCCC. The molecule has 3 N–H and O–H groups in total. The maximum Gasteiger partial charge on any atom is 0.472 e. The van der Waals surface area contributed by atoms with Crippen molar-refractivity contribution in [2.75, 3.05) is 39.6 Å². The molecule has 17 nitrogen and oxygen atoms in total. The van der Waals surface area contributed by atoms with Crippen LogP contribution in [-0.4, -0.2) is 96.7 Å². The fraction of sp³-hybridized carbons (Fsp3) is 0.753. The van der Waals surface area contributed by atoms with E-state index in [2.05, 4.69) is 137 Å². The standard InChI is InChI=1S/C89H156O17P2/c1-5-9-13-17-21-25-29-33-37-39-41-43-47-50-54-58-62-66-70-74-87(92)100-80-85(106-89(94)76-72-68-64-60-56-52-48-44-42-40-38-34-30-26-22-18-14-10-6-2)82-104-108(97,98)102-78-83(90)77-101-107(95,96)103-81-84(105-88(93)75-71-67-63-59-55-51-46-36-32-28-24-20-16-12-8-4)79-99-86(91)73-69-65-61-57-53-49-45-35-31-27-23-19-15-11-7-3/h21-23,25-27,33-38,41-46,83-85,90H,5-20,24,28-32,39-40,47-82H2,1-4H3,(H,95,96)(H,97,98)/b25-21-,26-22-,27-23-,37-33-,38-34-,43-41-,44-42-,45-35-,46-36-. The van der Waals surface area contributed by atoms with Crippen molar-refractivity contribution in [1.82, 2.24) is 0 Å². The lowest BCUT2D eigenvalue weighted by Crippen LogP contribution is -2.30. The topological polar surface area (TPSA) is 237 Å². The third-order valence-corrected chi connectivity index (χ3v) is 20.1. The van der Waals surface area contributed by atoms with Gasteiger partial charge in [-0.15, -0.1) is 0 Å². The van der Waals surface area contributed by atoms with Crippen molar-refractivity contribution < 1.29 is 80.2 Å². The highest BCUT2D eigenvalue weighted by molar-refractivity contribution is 7.47. The van der Waals surface area contributed by atoms with Gasteiger partial charge < -0.3 is 33.8 Å². The summed E-state index contributed by atoms with van der Waals surface area (Å²) in [4.78, 5) is 73.3. The molecule has 624 valence electrons. The number of rotatable bonds is 81. The molecular formula is C89H156O17P2. The zero-order valence-electron chi connectivity index (χ0n) is 68.5. The molecule has 0 bridgehead atoms. The highest BCUT2D eigenvalue weighted by atomic mass is 31.2. The predicted octanol–water partition coefficient (Wildman–Crippen LogP) is 25.7. The molecule has 0 saturated carbocycles. The molecule has 0 spiro atoms. The second-order valence-electron chi connectivity index (χ2n) is 28.8. The number of ether oxygens (including phenoxy) is 4. The van der Waals surface area contributed by atoms with Gasteiger partial charge in [0.05, 0.1) is 26.4 Å². The van der Waals surface area contributed by atoms with Crippen LogP contribution in [0.4, 0.5) is 0 Å². The molecule has 0 radical (unpaired) electrons. The maximum atomic E-state index is 13.1. The summed E-state index contributed by atoms with van der Waals surface area (Å²) in [5.74, 6) is -2.21. The third kappa shape index (κ3) is 79.8. The Hall–Kier alpha value is -4.28. The quantitative estimate of drug-likeness (QED) is 0.0169. The van der Waals surface area contributed by atoms with E-state index in [1.165, 1.54) is 96.3 Å². The van der Waals surface area contributed by atoms with Crippen LogP contribution in [0.25, 0.3) is 0 Å². The number of carbonyl (C=O) groups is 4. The van der Waals surface area contributed by atoms with Crippen molar-refractivity contribution in [2.24, 2.45) is 0 Å². The summed E-state index contributed by atoms with van der Waals surface area (Å²) in [6.07, 6.45) is 88.9. The smallest absolute Gasteiger partial charge is 0.462 e. The van der Waals surface area contributed by atoms with Crippen molar-refractivity contribution >= 4 is 39.5 Å². The molecule has 5 atom stereocenters. The molecule has 0 aliphatic rings. The van der Waals surface area contributed by atoms with Gasteiger partial charge in [0.15, 0.2) is 12.2 Å². The largest absolute Gasteiger partial charge is 0.472 e. The van der Waals surface area contributed by atoms with E-state index in [0.29, 0.717) is 25.7 Å². The Balaban J connectivity index is 5.40. The Kier molecular flexibility index (Phi) is 77.6. The number of hydrogen-bond acceptors (Lipinski definition) is 15. The molecule has 0 aliphatic heterocycles. The fourth-order valence-electron chi connectivity index (χ4n) is 11.6. The van der Waals surface area contributed by atoms with E-state index in [1.54, 1.807) is 0 Å². The first-order chi connectivity index (χ1) is 52.7. The van der Waals surface area contributed by atoms with Crippen molar-refractivity contribution in [2.45, 2.75) is 393 Å². The summed E-state index contributed by atoms with van der Waals surface area (Å²) in [6.45, 7) is 4.80. The third-order valence-electron chi connectivity index (χ3n) is 18.2. The summed E-state index contributed by atoms with van der Waals surface area (Å²) in [7, 11) is -9.98. The highest BCUT2D eigenvalue weighted by Gasteiger charge is 2.30. The minimum absolute atomic E-state index is 0.0762. The zero-order chi connectivity index (χ0) is 78.9. The van der Waals surface area contributed by atoms with Gasteiger partial charge in [0.25, 0.3) is 0 Å². The van der Waals surface area contributed by atoms with E-state index in [4.69, 9.17) is 37.0 Å². The number of aliphatic hydroxyl groups is 1. The molecule has 0 heterocycles. The van der Waals surface area contributed by atoms with E-state index in [1.807, 2.05) is 0 Å². The first-order valence-corrected chi connectivity index (χ1v) is 46.1. The van der Waals surface area contributed by atoms with Gasteiger partial charge in [-0.1, -0.05) is 298 Å². The van der Waals surface area contributed by atoms with E-state index in [-0.39, 0.29) is 25.7 Å². The Labute approximate surface area is 658 Å². The summed E-state index contributed by atoms with van der Waals surface area (Å²) >= 11 is 0. The van der Waals surface area contributed by atoms with Crippen LogP contribution in [0.2, 0.25) is 0 Å². The number of phosphoric acid groups is 2. The van der Waals surface area contributed by atoms with E-state index < -0.39 is 97.5 Å².